The molecule has 0 aromatic heterocycles. The van der Waals surface area contributed by atoms with E-state index in [2.05, 4.69) is 5.43 Å². The van der Waals surface area contributed by atoms with Gasteiger partial charge in [-0.3, -0.25) is 10.4 Å². The Bertz CT molecular complexity index is 371. The lowest BCUT2D eigenvalue weighted by Crippen LogP contribution is -2.06. The molecule has 1 aromatic carbocycles. The maximum absolute atomic E-state index is 12.3. The SMILES string of the molecule is CCOP(=O)(Cc1ccc(NN)cc1)OCC. The summed E-state index contributed by atoms with van der Waals surface area (Å²) >= 11 is 0. The Kier molecular flexibility index (Phi) is 5.65. The third kappa shape index (κ3) is 4.48. The third-order valence-corrected chi connectivity index (χ3v) is 4.20. The number of nitrogen functional groups attached to an aromatic ring is 1. The highest BCUT2D eigenvalue weighted by atomic mass is 31.2. The van der Waals surface area contributed by atoms with Crippen LogP contribution in [0.4, 0.5) is 5.69 Å². The first-order chi connectivity index (χ1) is 8.13. The van der Waals surface area contributed by atoms with Gasteiger partial charge in [0.25, 0.3) is 0 Å². The van der Waals surface area contributed by atoms with E-state index in [1.165, 1.54) is 0 Å². The first-order valence-corrected chi connectivity index (χ1v) is 7.30. The number of hydrogen-bond donors (Lipinski definition) is 2. The van der Waals surface area contributed by atoms with Crippen LogP contribution in [0, 0.1) is 0 Å². The van der Waals surface area contributed by atoms with Gasteiger partial charge in [-0.05, 0) is 31.5 Å². The Morgan fingerprint density at radius 1 is 1.18 bits per heavy atom. The summed E-state index contributed by atoms with van der Waals surface area (Å²) in [6.07, 6.45) is 0.277. The molecule has 0 radical (unpaired) electrons. The van der Waals surface area contributed by atoms with E-state index in [0.29, 0.717) is 13.2 Å². The number of nitrogens with one attached hydrogen (secondary N) is 1. The van der Waals surface area contributed by atoms with Crippen molar-refractivity contribution in [3.8, 4) is 0 Å². The van der Waals surface area contributed by atoms with Crippen LogP contribution in [-0.2, 0) is 19.8 Å². The average Bonchev–Trinajstić information content (AvgIpc) is 2.30. The van der Waals surface area contributed by atoms with Gasteiger partial charge in [-0.1, -0.05) is 12.1 Å². The highest BCUT2D eigenvalue weighted by Gasteiger charge is 2.23. The molecule has 3 N–H and O–H groups in total. The van der Waals surface area contributed by atoms with Gasteiger partial charge < -0.3 is 14.5 Å². The highest BCUT2D eigenvalue weighted by Crippen LogP contribution is 2.51. The first-order valence-electron chi connectivity index (χ1n) is 5.57. The predicted octanol–water partition coefficient (Wildman–Crippen LogP) is 2.74. The van der Waals surface area contributed by atoms with Crippen LogP contribution < -0.4 is 11.3 Å². The Morgan fingerprint density at radius 2 is 1.71 bits per heavy atom. The molecule has 0 heterocycles. The lowest BCUT2D eigenvalue weighted by atomic mass is 10.2. The predicted molar refractivity (Wildman–Crippen MR) is 68.8 cm³/mol. The van der Waals surface area contributed by atoms with Crippen molar-refractivity contribution >= 4 is 13.3 Å². The fourth-order valence-electron chi connectivity index (χ4n) is 1.45. The van der Waals surface area contributed by atoms with Gasteiger partial charge in [0, 0.05) is 5.69 Å². The maximum atomic E-state index is 12.3. The average molecular weight is 258 g/mol. The van der Waals surface area contributed by atoms with Crippen molar-refractivity contribution in [3.05, 3.63) is 29.8 Å². The van der Waals surface area contributed by atoms with Gasteiger partial charge in [0.15, 0.2) is 0 Å². The summed E-state index contributed by atoms with van der Waals surface area (Å²) < 4.78 is 22.7. The van der Waals surface area contributed by atoms with Crippen LogP contribution in [-0.4, -0.2) is 13.2 Å². The van der Waals surface area contributed by atoms with Crippen molar-refractivity contribution in [2.75, 3.05) is 18.6 Å². The van der Waals surface area contributed by atoms with E-state index in [1.807, 2.05) is 24.3 Å². The van der Waals surface area contributed by atoms with Crippen LogP contribution in [0.3, 0.4) is 0 Å². The van der Waals surface area contributed by atoms with Gasteiger partial charge in [-0.25, -0.2) is 0 Å². The zero-order valence-electron chi connectivity index (χ0n) is 10.2. The number of hydrazine groups is 1. The van der Waals surface area contributed by atoms with Gasteiger partial charge >= 0.3 is 7.60 Å². The molecule has 17 heavy (non-hydrogen) atoms. The topological polar surface area (TPSA) is 73.6 Å². The van der Waals surface area contributed by atoms with Crippen LogP contribution in [0.5, 0.6) is 0 Å². The van der Waals surface area contributed by atoms with Crippen LogP contribution in [0.1, 0.15) is 19.4 Å². The second-order valence-electron chi connectivity index (χ2n) is 3.45. The van der Waals surface area contributed by atoms with Gasteiger partial charge in [0.1, 0.15) is 0 Å². The molecule has 96 valence electrons. The smallest absolute Gasteiger partial charge is 0.324 e. The summed E-state index contributed by atoms with van der Waals surface area (Å²) in [7, 11) is -3.02. The molecule has 1 aromatic rings. The number of hydrogen-bond acceptors (Lipinski definition) is 5. The van der Waals surface area contributed by atoms with E-state index in [4.69, 9.17) is 14.9 Å². The number of anilines is 1. The molecular formula is C11H19N2O3P. The van der Waals surface area contributed by atoms with Crippen molar-refractivity contribution in [1.29, 1.82) is 0 Å². The molecule has 0 fully saturated rings. The van der Waals surface area contributed by atoms with Crippen LogP contribution >= 0.6 is 7.60 Å². The maximum Gasteiger partial charge on any atom is 0.335 e. The molecule has 0 saturated heterocycles. The molecule has 0 aliphatic rings. The van der Waals surface area contributed by atoms with E-state index in [0.717, 1.165) is 11.3 Å². The summed E-state index contributed by atoms with van der Waals surface area (Å²) in [6, 6.07) is 7.33. The first kappa shape index (κ1) is 14.2. The minimum absolute atomic E-state index is 0.277. The molecule has 0 aliphatic heterocycles. The largest absolute Gasteiger partial charge is 0.335 e. The summed E-state index contributed by atoms with van der Waals surface area (Å²) in [5, 5.41) is 0. The molecule has 5 nitrogen and oxygen atoms in total. The monoisotopic (exact) mass is 258 g/mol. The lowest BCUT2D eigenvalue weighted by molar-refractivity contribution is 0.219. The lowest BCUT2D eigenvalue weighted by Gasteiger charge is -2.17. The van der Waals surface area contributed by atoms with Crippen LogP contribution in [0.2, 0.25) is 0 Å². The van der Waals surface area contributed by atoms with Gasteiger partial charge in [-0.2, -0.15) is 0 Å². The van der Waals surface area contributed by atoms with Crippen LogP contribution in [0.15, 0.2) is 24.3 Å². The Balaban J connectivity index is 2.75. The molecule has 0 aliphatic carbocycles. The summed E-state index contributed by atoms with van der Waals surface area (Å²) in [5.41, 5.74) is 4.24. The summed E-state index contributed by atoms with van der Waals surface area (Å²) in [5.74, 6) is 5.27. The number of rotatable bonds is 7. The van der Waals surface area contributed by atoms with Gasteiger partial charge in [-0.15, -0.1) is 0 Å². The van der Waals surface area contributed by atoms with Gasteiger partial charge in [0.05, 0.1) is 19.4 Å². The summed E-state index contributed by atoms with van der Waals surface area (Å²) in [6.45, 7) is 4.35. The third-order valence-electron chi connectivity index (χ3n) is 2.15. The van der Waals surface area contributed by atoms with E-state index >= 15 is 0 Å². The summed E-state index contributed by atoms with van der Waals surface area (Å²) in [4.78, 5) is 0. The molecule has 0 atom stereocenters. The quantitative estimate of drug-likeness (QED) is 0.447. The van der Waals surface area contributed by atoms with Crippen molar-refractivity contribution < 1.29 is 13.6 Å². The minimum atomic E-state index is -3.02. The Labute approximate surface area is 102 Å². The van der Waals surface area contributed by atoms with E-state index in [9.17, 15) is 4.57 Å². The standard InChI is InChI=1S/C11H19N2O3P/c1-3-15-17(14,16-4-2)9-10-5-7-11(13-12)8-6-10/h5-8,13H,3-4,9,12H2,1-2H3. The molecule has 0 saturated carbocycles. The van der Waals surface area contributed by atoms with E-state index in [-0.39, 0.29) is 6.16 Å². The molecule has 6 heteroatoms. The molecular weight excluding hydrogens is 239 g/mol. The minimum Gasteiger partial charge on any atom is -0.324 e. The second-order valence-corrected chi connectivity index (χ2v) is 5.50. The van der Waals surface area contributed by atoms with Gasteiger partial charge in [0.2, 0.25) is 0 Å². The van der Waals surface area contributed by atoms with Crippen molar-refractivity contribution in [3.63, 3.8) is 0 Å². The molecule has 0 spiro atoms. The molecule has 0 bridgehead atoms. The zero-order chi connectivity index (χ0) is 12.7. The fourth-order valence-corrected chi connectivity index (χ4v) is 3.15. The van der Waals surface area contributed by atoms with Crippen LogP contribution in [0.25, 0.3) is 0 Å². The zero-order valence-corrected chi connectivity index (χ0v) is 11.1. The Morgan fingerprint density at radius 3 is 2.12 bits per heavy atom. The fraction of sp³-hybridized carbons (Fsp3) is 0.455. The molecule has 0 amide bonds. The van der Waals surface area contributed by atoms with Crippen molar-refractivity contribution in [1.82, 2.24) is 0 Å². The van der Waals surface area contributed by atoms with E-state index < -0.39 is 7.60 Å². The number of nitrogens with two attached hydrogens (primary N) is 1. The number of benzene rings is 1. The van der Waals surface area contributed by atoms with Crippen molar-refractivity contribution in [2.45, 2.75) is 20.0 Å². The van der Waals surface area contributed by atoms with E-state index in [1.54, 1.807) is 13.8 Å². The Hall–Kier alpha value is -0.870. The molecule has 1 rings (SSSR count). The normalized spacial score (nSPS) is 11.5. The second kappa shape index (κ2) is 6.77. The molecule has 0 unspecified atom stereocenters. The van der Waals surface area contributed by atoms with Crippen molar-refractivity contribution in [2.24, 2.45) is 5.84 Å². The highest BCUT2D eigenvalue weighted by molar-refractivity contribution is 7.53.